The van der Waals surface area contributed by atoms with Crippen LogP contribution in [-0.2, 0) is 9.59 Å². The molecule has 0 saturated heterocycles. The smallest absolute Gasteiger partial charge is 0.328 e. The predicted molar refractivity (Wildman–Crippen MR) is 99.4 cm³/mol. The minimum atomic E-state index is -1.05. The van der Waals surface area contributed by atoms with Gasteiger partial charge in [-0.15, -0.1) is 0 Å². The molecule has 140 valence electrons. The first-order valence-electron chi connectivity index (χ1n) is 7.79. The Kier molecular flexibility index (Phi) is 6.60. The molecule has 0 aliphatic rings. The highest BCUT2D eigenvalue weighted by Gasteiger charge is 2.11. The third-order valence-corrected chi connectivity index (χ3v) is 3.43. The molecule has 0 radical (unpaired) electrons. The van der Waals surface area contributed by atoms with Gasteiger partial charge >= 0.3 is 11.9 Å². The first-order chi connectivity index (χ1) is 12.9. The Morgan fingerprint density at radius 3 is 1.48 bits per heavy atom. The van der Waals surface area contributed by atoms with Crippen molar-refractivity contribution < 1.29 is 34.0 Å². The monoisotopic (exact) mass is 370 g/mol. The van der Waals surface area contributed by atoms with E-state index in [0.29, 0.717) is 34.1 Å². The Morgan fingerprint density at radius 2 is 1.15 bits per heavy atom. The third-order valence-electron chi connectivity index (χ3n) is 3.43. The fraction of sp³-hybridized carbons (Fsp3) is 0.100. The number of hydrogen-bond donors (Lipinski definition) is 2. The first kappa shape index (κ1) is 19.6. The van der Waals surface area contributed by atoms with Crippen LogP contribution in [0.4, 0.5) is 0 Å². The van der Waals surface area contributed by atoms with Crippen molar-refractivity contribution in [3.63, 3.8) is 0 Å². The molecule has 27 heavy (non-hydrogen) atoms. The SMILES string of the molecule is COc1cc(C=CC(=O)O)ccc1Oc1ccc(C=CC(=O)O)cc1OC. The topological polar surface area (TPSA) is 102 Å². The molecule has 0 spiro atoms. The molecular weight excluding hydrogens is 352 g/mol. The number of carboxylic acids is 2. The summed E-state index contributed by atoms with van der Waals surface area (Å²) < 4.78 is 16.5. The fourth-order valence-electron chi connectivity index (χ4n) is 2.20. The molecule has 2 rings (SSSR count). The van der Waals surface area contributed by atoms with Crippen LogP contribution in [0.2, 0.25) is 0 Å². The summed E-state index contributed by atoms with van der Waals surface area (Å²) in [5.41, 5.74) is 1.28. The van der Waals surface area contributed by atoms with Crippen molar-refractivity contribution >= 4 is 24.1 Å². The molecule has 0 amide bonds. The lowest BCUT2D eigenvalue weighted by Crippen LogP contribution is -1.94. The van der Waals surface area contributed by atoms with E-state index in [1.54, 1.807) is 36.4 Å². The zero-order chi connectivity index (χ0) is 19.8. The van der Waals surface area contributed by atoms with E-state index in [4.69, 9.17) is 24.4 Å². The van der Waals surface area contributed by atoms with E-state index in [2.05, 4.69) is 0 Å². The molecule has 0 saturated carbocycles. The second kappa shape index (κ2) is 9.10. The summed E-state index contributed by atoms with van der Waals surface area (Å²) in [4.78, 5) is 21.2. The van der Waals surface area contributed by atoms with E-state index in [0.717, 1.165) is 12.2 Å². The largest absolute Gasteiger partial charge is 0.493 e. The molecule has 7 heteroatoms. The summed E-state index contributed by atoms with van der Waals surface area (Å²) >= 11 is 0. The van der Waals surface area contributed by atoms with Gasteiger partial charge in [0.2, 0.25) is 0 Å². The standard InChI is InChI=1S/C20H18O7/c1-25-17-11-13(5-9-19(21)22)3-7-15(17)27-16-8-4-14(6-10-20(23)24)12-18(16)26-2/h3-12H,1-2H3,(H,21,22)(H,23,24). The summed E-state index contributed by atoms with van der Waals surface area (Å²) in [5, 5.41) is 17.4. The molecule has 0 fully saturated rings. The van der Waals surface area contributed by atoms with Crippen molar-refractivity contribution in [3.05, 3.63) is 59.7 Å². The molecule has 0 bridgehead atoms. The van der Waals surface area contributed by atoms with E-state index in [1.165, 1.54) is 26.4 Å². The van der Waals surface area contributed by atoms with Crippen LogP contribution in [0.1, 0.15) is 11.1 Å². The van der Waals surface area contributed by atoms with Gasteiger partial charge in [0.25, 0.3) is 0 Å². The van der Waals surface area contributed by atoms with Gasteiger partial charge in [-0.1, -0.05) is 12.1 Å². The van der Waals surface area contributed by atoms with Crippen molar-refractivity contribution in [3.8, 4) is 23.0 Å². The number of rotatable bonds is 8. The van der Waals surface area contributed by atoms with Crippen LogP contribution >= 0.6 is 0 Å². The molecular formula is C20H18O7. The number of methoxy groups -OCH3 is 2. The van der Waals surface area contributed by atoms with Gasteiger partial charge in [-0.25, -0.2) is 9.59 Å². The van der Waals surface area contributed by atoms with Crippen LogP contribution in [0.25, 0.3) is 12.2 Å². The van der Waals surface area contributed by atoms with Gasteiger partial charge in [0.1, 0.15) is 0 Å². The minimum Gasteiger partial charge on any atom is -0.493 e. The third kappa shape index (κ3) is 5.64. The summed E-state index contributed by atoms with van der Waals surface area (Å²) in [6.07, 6.45) is 4.95. The van der Waals surface area contributed by atoms with Crippen LogP contribution in [0.3, 0.4) is 0 Å². The zero-order valence-electron chi connectivity index (χ0n) is 14.7. The number of carboxylic acid groups (broad SMARTS) is 2. The van der Waals surface area contributed by atoms with Crippen LogP contribution in [0, 0.1) is 0 Å². The lowest BCUT2D eigenvalue weighted by Gasteiger charge is -2.14. The van der Waals surface area contributed by atoms with Crippen molar-refractivity contribution in [1.82, 2.24) is 0 Å². The normalized spacial score (nSPS) is 10.9. The number of ether oxygens (including phenoxy) is 3. The minimum absolute atomic E-state index is 0.414. The van der Waals surface area contributed by atoms with Crippen molar-refractivity contribution in [2.75, 3.05) is 14.2 Å². The molecule has 2 aromatic rings. The second-order valence-corrected chi connectivity index (χ2v) is 5.27. The molecule has 0 atom stereocenters. The van der Waals surface area contributed by atoms with Gasteiger partial charge in [-0.3, -0.25) is 0 Å². The summed E-state index contributed by atoms with van der Waals surface area (Å²) in [7, 11) is 2.95. The molecule has 2 N–H and O–H groups in total. The second-order valence-electron chi connectivity index (χ2n) is 5.27. The van der Waals surface area contributed by atoms with E-state index in [1.807, 2.05) is 0 Å². The first-order valence-corrected chi connectivity index (χ1v) is 7.79. The Hall–Kier alpha value is -3.74. The maximum Gasteiger partial charge on any atom is 0.328 e. The van der Waals surface area contributed by atoms with Gasteiger partial charge in [-0.2, -0.15) is 0 Å². The van der Waals surface area contributed by atoms with Crippen molar-refractivity contribution in [2.45, 2.75) is 0 Å². The molecule has 0 heterocycles. The van der Waals surface area contributed by atoms with Crippen molar-refractivity contribution in [1.29, 1.82) is 0 Å². The van der Waals surface area contributed by atoms with E-state index in [-0.39, 0.29) is 0 Å². The average molecular weight is 370 g/mol. The Balaban J connectivity index is 2.30. The molecule has 7 nitrogen and oxygen atoms in total. The average Bonchev–Trinajstić information content (AvgIpc) is 2.66. The molecule has 0 aliphatic carbocycles. The van der Waals surface area contributed by atoms with Crippen LogP contribution < -0.4 is 14.2 Å². The van der Waals surface area contributed by atoms with Crippen molar-refractivity contribution in [2.24, 2.45) is 0 Å². The predicted octanol–water partition coefficient (Wildman–Crippen LogP) is 3.69. The van der Waals surface area contributed by atoms with Crippen LogP contribution in [0.15, 0.2) is 48.6 Å². The Labute approximate surface area is 155 Å². The fourth-order valence-corrected chi connectivity index (χ4v) is 2.20. The highest BCUT2D eigenvalue weighted by atomic mass is 16.5. The molecule has 2 aromatic carbocycles. The van der Waals surface area contributed by atoms with E-state index >= 15 is 0 Å². The van der Waals surface area contributed by atoms with E-state index in [9.17, 15) is 9.59 Å². The maximum atomic E-state index is 10.6. The number of hydrogen-bond acceptors (Lipinski definition) is 5. The van der Waals surface area contributed by atoms with Crippen LogP contribution in [-0.4, -0.2) is 36.4 Å². The zero-order valence-corrected chi connectivity index (χ0v) is 14.7. The Morgan fingerprint density at radius 1 is 0.741 bits per heavy atom. The van der Waals surface area contributed by atoms with E-state index < -0.39 is 11.9 Å². The number of aliphatic carboxylic acids is 2. The maximum absolute atomic E-state index is 10.6. The molecule has 0 aromatic heterocycles. The van der Waals surface area contributed by atoms with Gasteiger partial charge in [-0.05, 0) is 47.5 Å². The van der Waals surface area contributed by atoms with Gasteiger partial charge < -0.3 is 24.4 Å². The van der Waals surface area contributed by atoms with Gasteiger partial charge in [0, 0.05) is 12.2 Å². The quantitative estimate of drug-likeness (QED) is 0.683. The highest BCUT2D eigenvalue weighted by Crippen LogP contribution is 2.37. The summed E-state index contributed by atoms with van der Waals surface area (Å²) in [6.45, 7) is 0. The molecule has 0 aliphatic heterocycles. The van der Waals surface area contributed by atoms with Crippen LogP contribution in [0.5, 0.6) is 23.0 Å². The Bertz CT molecular complexity index is 824. The highest BCUT2D eigenvalue weighted by molar-refractivity contribution is 5.86. The lowest BCUT2D eigenvalue weighted by atomic mass is 10.1. The van der Waals surface area contributed by atoms with Gasteiger partial charge in [0.05, 0.1) is 14.2 Å². The lowest BCUT2D eigenvalue weighted by molar-refractivity contribution is -0.132. The van der Waals surface area contributed by atoms with Gasteiger partial charge in [0.15, 0.2) is 23.0 Å². The number of carbonyl (C=O) groups is 2. The molecule has 0 unspecified atom stereocenters. The number of benzene rings is 2. The summed E-state index contributed by atoms with van der Waals surface area (Å²) in [6, 6.07) is 9.97. The summed E-state index contributed by atoms with van der Waals surface area (Å²) in [5.74, 6) is -0.430.